The summed E-state index contributed by atoms with van der Waals surface area (Å²) < 4.78 is 6.36. The van der Waals surface area contributed by atoms with E-state index in [1.165, 1.54) is 9.75 Å². The van der Waals surface area contributed by atoms with Gasteiger partial charge in [0.2, 0.25) is 0 Å². The third-order valence-electron chi connectivity index (χ3n) is 2.42. The van der Waals surface area contributed by atoms with Crippen molar-refractivity contribution in [1.29, 1.82) is 0 Å². The minimum absolute atomic E-state index is 0.0225. The molecule has 1 aromatic heterocycles. The molecule has 0 aromatic carbocycles. The Morgan fingerprint density at radius 1 is 1.50 bits per heavy atom. The van der Waals surface area contributed by atoms with Gasteiger partial charge in [0.25, 0.3) is 0 Å². The molecular weight excluding hydrogens is 340 g/mol. The Kier molecular flexibility index (Phi) is 6.48. The van der Waals surface area contributed by atoms with Crippen molar-refractivity contribution in [1.82, 2.24) is 10.6 Å². The SMILES string of the molecule is Cc1sc(CNCC(C)NC(=O)OC(C)(C)C)cc1Br. The molecule has 0 aliphatic rings. The molecule has 1 amide bonds. The molecule has 20 heavy (non-hydrogen) atoms. The van der Waals surface area contributed by atoms with Gasteiger partial charge in [0.15, 0.2) is 0 Å². The predicted octanol–water partition coefficient (Wildman–Crippen LogP) is 3.82. The number of thiophene rings is 1. The summed E-state index contributed by atoms with van der Waals surface area (Å²) in [7, 11) is 0. The molecule has 0 aliphatic carbocycles. The molecule has 2 N–H and O–H groups in total. The van der Waals surface area contributed by atoms with Crippen molar-refractivity contribution in [3.05, 3.63) is 20.3 Å². The lowest BCUT2D eigenvalue weighted by Gasteiger charge is -2.22. The Hall–Kier alpha value is -0.590. The van der Waals surface area contributed by atoms with E-state index in [1.807, 2.05) is 27.7 Å². The highest BCUT2D eigenvalue weighted by molar-refractivity contribution is 9.10. The maximum atomic E-state index is 11.6. The third-order valence-corrected chi connectivity index (χ3v) is 4.56. The second kappa shape index (κ2) is 7.43. The number of carbonyl (C=O) groups excluding carboxylic acids is 1. The molecule has 114 valence electrons. The van der Waals surface area contributed by atoms with Crippen LogP contribution < -0.4 is 10.6 Å². The molecule has 1 aromatic rings. The van der Waals surface area contributed by atoms with Crippen LogP contribution in [0.15, 0.2) is 10.5 Å². The number of carbonyl (C=O) groups is 1. The minimum atomic E-state index is -0.460. The number of halogens is 1. The molecule has 1 unspecified atom stereocenters. The number of nitrogens with one attached hydrogen (secondary N) is 2. The maximum absolute atomic E-state index is 11.6. The van der Waals surface area contributed by atoms with E-state index < -0.39 is 5.60 Å². The number of hydrogen-bond acceptors (Lipinski definition) is 4. The predicted molar refractivity (Wildman–Crippen MR) is 87.3 cm³/mol. The van der Waals surface area contributed by atoms with Gasteiger partial charge in [-0.25, -0.2) is 4.79 Å². The molecule has 0 aliphatic heterocycles. The number of amides is 1. The van der Waals surface area contributed by atoms with Gasteiger partial charge in [-0.2, -0.15) is 0 Å². The summed E-state index contributed by atoms with van der Waals surface area (Å²) in [6.45, 7) is 11.1. The van der Waals surface area contributed by atoms with Crippen molar-refractivity contribution < 1.29 is 9.53 Å². The zero-order valence-corrected chi connectivity index (χ0v) is 15.1. The fourth-order valence-electron chi connectivity index (χ4n) is 1.58. The number of alkyl carbamates (subject to hydrolysis) is 1. The van der Waals surface area contributed by atoms with Gasteiger partial charge < -0.3 is 15.4 Å². The minimum Gasteiger partial charge on any atom is -0.444 e. The molecule has 6 heteroatoms. The van der Waals surface area contributed by atoms with E-state index >= 15 is 0 Å². The second-order valence-electron chi connectivity index (χ2n) is 5.80. The van der Waals surface area contributed by atoms with Crippen molar-refractivity contribution in [3.63, 3.8) is 0 Å². The van der Waals surface area contributed by atoms with Gasteiger partial charge in [0, 0.05) is 33.4 Å². The van der Waals surface area contributed by atoms with Crippen LogP contribution in [0.25, 0.3) is 0 Å². The fraction of sp³-hybridized carbons (Fsp3) is 0.643. The first-order chi connectivity index (χ1) is 9.17. The Morgan fingerprint density at radius 2 is 2.15 bits per heavy atom. The Bertz CT molecular complexity index is 435. The van der Waals surface area contributed by atoms with Gasteiger partial charge in [0.05, 0.1) is 0 Å². The molecule has 1 atom stereocenters. The Balaban J connectivity index is 2.26. The van der Waals surface area contributed by atoms with Crippen LogP contribution >= 0.6 is 27.3 Å². The highest BCUT2D eigenvalue weighted by atomic mass is 79.9. The summed E-state index contributed by atoms with van der Waals surface area (Å²) in [5, 5.41) is 6.14. The summed E-state index contributed by atoms with van der Waals surface area (Å²) >= 11 is 5.27. The van der Waals surface area contributed by atoms with E-state index in [0.29, 0.717) is 6.54 Å². The summed E-state index contributed by atoms with van der Waals surface area (Å²) in [6, 6.07) is 2.15. The quantitative estimate of drug-likeness (QED) is 0.836. The van der Waals surface area contributed by atoms with Crippen LogP contribution in [-0.2, 0) is 11.3 Å². The molecule has 0 radical (unpaired) electrons. The fourth-order valence-corrected chi connectivity index (χ4v) is 3.15. The average Bonchev–Trinajstić information content (AvgIpc) is 2.55. The van der Waals surface area contributed by atoms with Gasteiger partial charge in [0.1, 0.15) is 5.60 Å². The molecule has 0 saturated carbocycles. The van der Waals surface area contributed by atoms with Crippen LogP contribution in [0.2, 0.25) is 0 Å². The monoisotopic (exact) mass is 362 g/mol. The average molecular weight is 363 g/mol. The molecule has 0 bridgehead atoms. The first-order valence-corrected chi connectivity index (χ1v) is 8.23. The lowest BCUT2D eigenvalue weighted by molar-refractivity contribution is 0.0508. The van der Waals surface area contributed by atoms with E-state index in [4.69, 9.17) is 4.74 Å². The van der Waals surface area contributed by atoms with E-state index in [2.05, 4.69) is 39.6 Å². The second-order valence-corrected chi connectivity index (χ2v) is 7.99. The molecule has 0 saturated heterocycles. The summed E-state index contributed by atoms with van der Waals surface area (Å²) in [5.41, 5.74) is -0.460. The van der Waals surface area contributed by atoms with Crippen LogP contribution in [0.5, 0.6) is 0 Å². The number of hydrogen-bond donors (Lipinski definition) is 2. The zero-order valence-electron chi connectivity index (χ0n) is 12.7. The van der Waals surface area contributed by atoms with E-state index in [-0.39, 0.29) is 12.1 Å². The largest absolute Gasteiger partial charge is 0.444 e. The topological polar surface area (TPSA) is 50.4 Å². The first-order valence-electron chi connectivity index (χ1n) is 6.62. The van der Waals surface area contributed by atoms with Gasteiger partial charge in [-0.15, -0.1) is 11.3 Å². The Morgan fingerprint density at radius 3 is 2.65 bits per heavy atom. The maximum Gasteiger partial charge on any atom is 0.407 e. The van der Waals surface area contributed by atoms with Crippen LogP contribution in [-0.4, -0.2) is 24.3 Å². The lowest BCUT2D eigenvalue weighted by atomic mass is 10.2. The van der Waals surface area contributed by atoms with Crippen LogP contribution in [0.4, 0.5) is 4.79 Å². The van der Waals surface area contributed by atoms with Gasteiger partial charge in [-0.1, -0.05) is 0 Å². The molecule has 0 spiro atoms. The highest BCUT2D eigenvalue weighted by Gasteiger charge is 2.17. The van der Waals surface area contributed by atoms with E-state index in [1.54, 1.807) is 11.3 Å². The zero-order chi connectivity index (χ0) is 15.3. The number of rotatable bonds is 5. The highest BCUT2D eigenvalue weighted by Crippen LogP contribution is 2.25. The third kappa shape index (κ3) is 6.72. The summed E-state index contributed by atoms with van der Waals surface area (Å²) in [4.78, 5) is 14.1. The van der Waals surface area contributed by atoms with Crippen molar-refractivity contribution in [2.45, 2.75) is 52.8 Å². The smallest absolute Gasteiger partial charge is 0.407 e. The van der Waals surface area contributed by atoms with Gasteiger partial charge >= 0.3 is 6.09 Å². The van der Waals surface area contributed by atoms with E-state index in [0.717, 1.165) is 11.0 Å². The Labute approximate surface area is 133 Å². The van der Waals surface area contributed by atoms with Crippen molar-refractivity contribution in [2.75, 3.05) is 6.54 Å². The summed E-state index contributed by atoms with van der Waals surface area (Å²) in [6.07, 6.45) is -0.374. The van der Waals surface area contributed by atoms with E-state index in [9.17, 15) is 4.79 Å². The lowest BCUT2D eigenvalue weighted by Crippen LogP contribution is -2.42. The molecule has 1 heterocycles. The molecule has 1 rings (SSSR count). The van der Waals surface area contributed by atoms with Crippen molar-refractivity contribution >= 4 is 33.4 Å². The van der Waals surface area contributed by atoms with Crippen molar-refractivity contribution in [3.8, 4) is 0 Å². The normalized spacial score (nSPS) is 13.1. The molecule has 4 nitrogen and oxygen atoms in total. The van der Waals surface area contributed by atoms with Gasteiger partial charge in [-0.05, 0) is 56.6 Å². The van der Waals surface area contributed by atoms with Gasteiger partial charge in [-0.3, -0.25) is 0 Å². The van der Waals surface area contributed by atoms with Crippen LogP contribution in [0.3, 0.4) is 0 Å². The molecule has 0 fully saturated rings. The summed E-state index contributed by atoms with van der Waals surface area (Å²) in [5.74, 6) is 0. The standard InChI is InChI=1S/C14H23BrN2O2S/c1-9(17-13(18)19-14(3,4)5)7-16-8-11-6-12(15)10(2)20-11/h6,9,16H,7-8H2,1-5H3,(H,17,18). The number of ether oxygens (including phenoxy) is 1. The van der Waals surface area contributed by atoms with Crippen LogP contribution in [0, 0.1) is 6.92 Å². The number of aryl methyl sites for hydroxylation is 1. The first kappa shape index (κ1) is 17.5. The van der Waals surface area contributed by atoms with Crippen molar-refractivity contribution in [2.24, 2.45) is 0 Å². The van der Waals surface area contributed by atoms with Crippen LogP contribution in [0.1, 0.15) is 37.4 Å². The molecular formula is C14H23BrN2O2S.